The quantitative estimate of drug-likeness (QED) is 0.572. The number of cyclic esters (lactones) is 1. The van der Waals surface area contributed by atoms with Gasteiger partial charge in [-0.25, -0.2) is 8.42 Å². The molecule has 0 aromatic carbocycles. The summed E-state index contributed by atoms with van der Waals surface area (Å²) in [6, 6.07) is 0. The van der Waals surface area contributed by atoms with Crippen molar-refractivity contribution in [1.29, 1.82) is 0 Å². The minimum Gasteiger partial charge on any atom is -0.480 e. The highest BCUT2D eigenvalue weighted by Gasteiger charge is 2.55. The maximum absolute atomic E-state index is 11.1. The molecule has 0 aromatic rings. The largest absolute Gasteiger partial charge is 0.480 e. The van der Waals surface area contributed by atoms with Gasteiger partial charge in [0.15, 0.2) is 9.84 Å². The van der Waals surface area contributed by atoms with Gasteiger partial charge in [-0.05, 0) is 0 Å². The molecule has 1 heterocycles. The Morgan fingerprint density at radius 3 is 2.31 bits per heavy atom. The smallest absolute Gasteiger partial charge is 0.329 e. The van der Waals surface area contributed by atoms with Gasteiger partial charge in [0.25, 0.3) is 0 Å². The summed E-state index contributed by atoms with van der Waals surface area (Å²) >= 11 is 0. The Morgan fingerprint density at radius 1 is 1.62 bits per heavy atom. The number of ether oxygens (including phenoxy) is 1. The van der Waals surface area contributed by atoms with E-state index in [0.29, 0.717) is 0 Å². The first-order valence-corrected chi connectivity index (χ1v) is 5.27. The van der Waals surface area contributed by atoms with Gasteiger partial charge in [0, 0.05) is 6.26 Å². The summed E-state index contributed by atoms with van der Waals surface area (Å²) in [6.45, 7) is -0.597. The molecule has 1 N–H and O–H groups in total. The van der Waals surface area contributed by atoms with Gasteiger partial charge >= 0.3 is 11.9 Å². The molecule has 1 aliphatic rings. The molecule has 74 valence electrons. The highest BCUT2D eigenvalue weighted by atomic mass is 32.2. The molecule has 1 saturated heterocycles. The summed E-state index contributed by atoms with van der Waals surface area (Å²) in [7, 11) is -3.84. The van der Waals surface area contributed by atoms with E-state index in [0.717, 1.165) is 6.26 Å². The zero-order chi connectivity index (χ0) is 10.3. The third-order valence-electron chi connectivity index (χ3n) is 2.00. The fraction of sp³-hybridized carbons (Fsp3) is 0.667. The van der Waals surface area contributed by atoms with Crippen LogP contribution < -0.4 is 0 Å². The maximum atomic E-state index is 11.1. The van der Waals surface area contributed by atoms with Crippen LogP contribution in [0.5, 0.6) is 0 Å². The van der Waals surface area contributed by atoms with Crippen molar-refractivity contribution < 1.29 is 27.9 Å². The van der Waals surface area contributed by atoms with E-state index in [2.05, 4.69) is 4.74 Å². The summed E-state index contributed by atoms with van der Waals surface area (Å²) in [4.78, 5) is 21.4. The highest BCUT2D eigenvalue weighted by molar-refractivity contribution is 7.93. The zero-order valence-corrected chi connectivity index (χ0v) is 7.63. The van der Waals surface area contributed by atoms with Gasteiger partial charge in [-0.3, -0.25) is 9.59 Å². The normalized spacial score (nSPS) is 28.5. The molecule has 0 aromatic heterocycles. The third-order valence-corrected chi connectivity index (χ3v) is 3.85. The van der Waals surface area contributed by atoms with Crippen LogP contribution in [0.2, 0.25) is 0 Å². The van der Waals surface area contributed by atoms with Crippen LogP contribution in [0.4, 0.5) is 0 Å². The second-order valence-corrected chi connectivity index (χ2v) is 5.23. The number of carboxylic acid groups (broad SMARTS) is 1. The fourth-order valence-electron chi connectivity index (χ4n) is 1.07. The SMILES string of the molecule is CS(=O)(=O)C1(C(=O)O)COC(=O)C1. The first kappa shape index (κ1) is 9.97. The molecule has 1 aliphatic heterocycles. The van der Waals surface area contributed by atoms with Crippen LogP contribution in [-0.4, -0.2) is 43.1 Å². The van der Waals surface area contributed by atoms with Gasteiger partial charge in [-0.15, -0.1) is 0 Å². The van der Waals surface area contributed by atoms with E-state index < -0.39 is 39.6 Å². The van der Waals surface area contributed by atoms with E-state index >= 15 is 0 Å². The Bertz CT molecular complexity index is 355. The van der Waals surface area contributed by atoms with Gasteiger partial charge in [0.05, 0.1) is 6.42 Å². The molecular weight excluding hydrogens is 200 g/mol. The second kappa shape index (κ2) is 2.69. The van der Waals surface area contributed by atoms with Crippen LogP contribution >= 0.6 is 0 Å². The Labute approximate surface area is 74.4 Å². The Balaban J connectivity index is 3.20. The van der Waals surface area contributed by atoms with Gasteiger partial charge in [0.2, 0.25) is 4.75 Å². The third kappa shape index (κ3) is 1.39. The van der Waals surface area contributed by atoms with E-state index in [4.69, 9.17) is 5.11 Å². The van der Waals surface area contributed by atoms with Crippen LogP contribution in [0.15, 0.2) is 0 Å². The number of aliphatic carboxylic acids is 1. The average Bonchev–Trinajstić information content (AvgIpc) is 2.30. The molecule has 0 amide bonds. The number of hydrogen-bond acceptors (Lipinski definition) is 5. The average molecular weight is 208 g/mol. The fourth-order valence-corrected chi connectivity index (χ4v) is 2.04. The molecule has 1 rings (SSSR count). The Kier molecular flexibility index (Phi) is 2.07. The molecule has 6 nitrogen and oxygen atoms in total. The van der Waals surface area contributed by atoms with Crippen LogP contribution in [-0.2, 0) is 24.2 Å². The molecular formula is C6H8O6S. The number of hydrogen-bond donors (Lipinski definition) is 1. The minimum atomic E-state index is -3.84. The van der Waals surface area contributed by atoms with Crippen molar-refractivity contribution in [3.8, 4) is 0 Å². The summed E-state index contributed by atoms with van der Waals surface area (Å²) < 4.78 is 24.5. The number of carbonyl (C=O) groups excluding carboxylic acids is 1. The van der Waals surface area contributed by atoms with E-state index in [9.17, 15) is 18.0 Å². The van der Waals surface area contributed by atoms with E-state index in [-0.39, 0.29) is 0 Å². The molecule has 1 fully saturated rings. The molecule has 13 heavy (non-hydrogen) atoms. The zero-order valence-electron chi connectivity index (χ0n) is 6.81. The molecule has 0 saturated carbocycles. The van der Waals surface area contributed by atoms with Crippen LogP contribution in [0.1, 0.15) is 6.42 Å². The number of carbonyl (C=O) groups is 2. The first-order valence-electron chi connectivity index (χ1n) is 3.38. The van der Waals surface area contributed by atoms with E-state index in [1.54, 1.807) is 0 Å². The van der Waals surface area contributed by atoms with Crippen molar-refractivity contribution in [1.82, 2.24) is 0 Å². The Hall–Kier alpha value is -1.11. The topological polar surface area (TPSA) is 97.7 Å². The minimum absolute atomic E-state index is 0.597. The lowest BCUT2D eigenvalue weighted by atomic mass is 10.1. The number of rotatable bonds is 2. The van der Waals surface area contributed by atoms with Gasteiger partial charge < -0.3 is 9.84 Å². The summed E-state index contributed by atoms with van der Waals surface area (Å²) in [5.41, 5.74) is 0. The molecule has 7 heteroatoms. The van der Waals surface area contributed by atoms with Crippen molar-refractivity contribution in [2.45, 2.75) is 11.2 Å². The maximum Gasteiger partial charge on any atom is 0.329 e. The lowest BCUT2D eigenvalue weighted by Gasteiger charge is -2.17. The number of carboxylic acids is 1. The van der Waals surface area contributed by atoms with Crippen molar-refractivity contribution in [3.05, 3.63) is 0 Å². The molecule has 0 spiro atoms. The van der Waals surface area contributed by atoms with Gasteiger partial charge in [0.1, 0.15) is 6.61 Å². The van der Waals surface area contributed by atoms with E-state index in [1.165, 1.54) is 0 Å². The first-order chi connectivity index (χ1) is 5.79. The van der Waals surface area contributed by atoms with Crippen molar-refractivity contribution >= 4 is 21.8 Å². The lowest BCUT2D eigenvalue weighted by molar-refractivity contribution is -0.140. The lowest BCUT2D eigenvalue weighted by Crippen LogP contribution is -2.46. The standard InChI is InChI=1S/C6H8O6S/c1-13(10,11)6(5(8)9)2-4(7)12-3-6/h2-3H2,1H3,(H,8,9). The molecule has 0 radical (unpaired) electrons. The summed E-state index contributed by atoms with van der Waals surface area (Å²) in [6.07, 6.45) is 0.171. The predicted octanol–water partition coefficient (Wildman–Crippen LogP) is -1.20. The van der Waals surface area contributed by atoms with Crippen LogP contribution in [0.3, 0.4) is 0 Å². The number of sulfone groups is 1. The molecule has 1 atom stereocenters. The molecule has 1 unspecified atom stereocenters. The van der Waals surface area contributed by atoms with Gasteiger partial charge in [-0.1, -0.05) is 0 Å². The van der Waals surface area contributed by atoms with Gasteiger partial charge in [-0.2, -0.15) is 0 Å². The highest BCUT2D eigenvalue weighted by Crippen LogP contribution is 2.28. The van der Waals surface area contributed by atoms with E-state index in [1.807, 2.05) is 0 Å². The van der Waals surface area contributed by atoms with Crippen molar-refractivity contribution in [2.24, 2.45) is 0 Å². The molecule has 0 bridgehead atoms. The summed E-state index contributed by atoms with van der Waals surface area (Å²) in [5.74, 6) is -2.34. The summed E-state index contributed by atoms with van der Waals surface area (Å²) in [5, 5.41) is 8.71. The van der Waals surface area contributed by atoms with Crippen LogP contribution in [0.25, 0.3) is 0 Å². The molecule has 0 aliphatic carbocycles. The predicted molar refractivity (Wildman–Crippen MR) is 40.8 cm³/mol. The second-order valence-electron chi connectivity index (χ2n) is 2.91. The van der Waals surface area contributed by atoms with Crippen LogP contribution in [0, 0.1) is 0 Å². The number of esters is 1. The monoisotopic (exact) mass is 208 g/mol. The van der Waals surface area contributed by atoms with Crippen molar-refractivity contribution in [3.63, 3.8) is 0 Å². The van der Waals surface area contributed by atoms with Crippen molar-refractivity contribution in [2.75, 3.05) is 12.9 Å². The Morgan fingerprint density at radius 2 is 2.15 bits per heavy atom.